The predicted octanol–water partition coefficient (Wildman–Crippen LogP) is 2.33. The third-order valence-electron chi connectivity index (χ3n) is 3.71. The zero-order chi connectivity index (χ0) is 17.8. The predicted molar refractivity (Wildman–Crippen MR) is 98.2 cm³/mol. The highest BCUT2D eigenvalue weighted by molar-refractivity contribution is 6.34. The van der Waals surface area contributed by atoms with Crippen LogP contribution < -0.4 is 10.1 Å². The molecule has 0 fully saturated rings. The van der Waals surface area contributed by atoms with Gasteiger partial charge in [0.2, 0.25) is 0 Å². The van der Waals surface area contributed by atoms with Gasteiger partial charge in [-0.05, 0) is 24.3 Å². The normalized spacial score (nSPS) is 18.3. The fourth-order valence-electron chi connectivity index (χ4n) is 2.43. The number of hydrogen-bond donors (Lipinski definition) is 2. The SMILES string of the molecule is Cl.O=C1N[C@H](C(=O)O)Cc2cn(cn2)C/C=C/COc2ccc(Cl)c1c2. The number of carboxylic acids is 1. The van der Waals surface area contributed by atoms with Crippen LogP contribution in [0.4, 0.5) is 0 Å². The third-order valence-corrected chi connectivity index (χ3v) is 4.04. The average molecular weight is 398 g/mol. The molecule has 0 radical (unpaired) electrons. The molecule has 0 saturated carbocycles. The van der Waals surface area contributed by atoms with Gasteiger partial charge in [0, 0.05) is 19.2 Å². The Kier molecular flexibility index (Phi) is 6.65. The lowest BCUT2D eigenvalue weighted by molar-refractivity contribution is -0.139. The van der Waals surface area contributed by atoms with E-state index in [9.17, 15) is 14.7 Å². The van der Waals surface area contributed by atoms with Crippen LogP contribution >= 0.6 is 24.0 Å². The quantitative estimate of drug-likeness (QED) is 0.720. The number of nitrogens with zero attached hydrogens (tertiary/aromatic N) is 2. The summed E-state index contributed by atoms with van der Waals surface area (Å²) in [6.45, 7) is 0.925. The number of ether oxygens (including phenoxy) is 1. The van der Waals surface area contributed by atoms with Crippen molar-refractivity contribution in [2.45, 2.75) is 19.0 Å². The maximum Gasteiger partial charge on any atom is 0.326 e. The second kappa shape index (κ2) is 8.73. The molecule has 2 heterocycles. The van der Waals surface area contributed by atoms with Crippen LogP contribution in [0.25, 0.3) is 0 Å². The Morgan fingerprint density at radius 1 is 1.38 bits per heavy atom. The number of carbonyl (C=O) groups excluding carboxylic acids is 1. The molecule has 1 aliphatic heterocycles. The number of amides is 1. The van der Waals surface area contributed by atoms with Gasteiger partial charge in [-0.25, -0.2) is 9.78 Å². The summed E-state index contributed by atoms with van der Waals surface area (Å²) in [6, 6.07) is 3.58. The van der Waals surface area contributed by atoms with Gasteiger partial charge in [-0.3, -0.25) is 4.79 Å². The summed E-state index contributed by atoms with van der Waals surface area (Å²) in [5.41, 5.74) is 0.738. The first-order chi connectivity index (χ1) is 12.0. The highest BCUT2D eigenvalue weighted by atomic mass is 35.5. The van der Waals surface area contributed by atoms with Gasteiger partial charge in [0.1, 0.15) is 18.4 Å². The Hall–Kier alpha value is -2.51. The third kappa shape index (κ3) is 4.77. The second-order valence-corrected chi connectivity index (χ2v) is 5.96. The highest BCUT2D eigenvalue weighted by Gasteiger charge is 2.23. The summed E-state index contributed by atoms with van der Waals surface area (Å²) in [4.78, 5) is 28.1. The molecule has 0 aliphatic carbocycles. The number of imidazole rings is 1. The second-order valence-electron chi connectivity index (χ2n) is 5.55. The summed E-state index contributed by atoms with van der Waals surface area (Å²) in [7, 11) is 0. The van der Waals surface area contributed by atoms with E-state index in [-0.39, 0.29) is 29.4 Å². The molecule has 1 aromatic carbocycles. The van der Waals surface area contributed by atoms with Crippen molar-refractivity contribution in [2.75, 3.05) is 6.61 Å². The maximum atomic E-state index is 12.5. The van der Waals surface area contributed by atoms with Crippen LogP contribution in [0.2, 0.25) is 5.02 Å². The summed E-state index contributed by atoms with van der Waals surface area (Å²) >= 11 is 6.07. The van der Waals surface area contributed by atoms with Gasteiger partial charge in [0.15, 0.2) is 0 Å². The van der Waals surface area contributed by atoms with E-state index in [1.807, 2.05) is 16.7 Å². The Morgan fingerprint density at radius 3 is 2.96 bits per heavy atom. The number of benzene rings is 1. The Balaban J connectivity index is 0.00000243. The van der Waals surface area contributed by atoms with E-state index in [0.717, 1.165) is 0 Å². The van der Waals surface area contributed by atoms with Crippen molar-refractivity contribution in [2.24, 2.45) is 0 Å². The van der Waals surface area contributed by atoms with Gasteiger partial charge in [-0.1, -0.05) is 17.7 Å². The fraction of sp³-hybridized carbons (Fsp3) is 0.235. The van der Waals surface area contributed by atoms with Gasteiger partial charge >= 0.3 is 5.97 Å². The minimum Gasteiger partial charge on any atom is -0.490 e. The molecule has 3 rings (SSSR count). The number of nitrogens with one attached hydrogen (secondary N) is 1. The molecular weight excluding hydrogens is 381 g/mol. The molecule has 9 heteroatoms. The van der Waals surface area contributed by atoms with Crippen LogP contribution in [0.1, 0.15) is 16.1 Å². The minimum absolute atomic E-state index is 0. The van der Waals surface area contributed by atoms with E-state index in [4.69, 9.17) is 16.3 Å². The van der Waals surface area contributed by atoms with E-state index in [1.54, 1.807) is 24.7 Å². The van der Waals surface area contributed by atoms with Crippen LogP contribution in [0.15, 0.2) is 42.9 Å². The lowest BCUT2D eigenvalue weighted by atomic mass is 10.1. The molecule has 7 nitrogen and oxygen atoms in total. The van der Waals surface area contributed by atoms with Crippen molar-refractivity contribution in [1.29, 1.82) is 0 Å². The molecule has 0 unspecified atom stereocenters. The van der Waals surface area contributed by atoms with Crippen molar-refractivity contribution >= 4 is 35.9 Å². The van der Waals surface area contributed by atoms with E-state index in [1.165, 1.54) is 6.07 Å². The van der Waals surface area contributed by atoms with Crippen LogP contribution in [0, 0.1) is 0 Å². The summed E-state index contributed by atoms with van der Waals surface area (Å²) < 4.78 is 7.39. The molecule has 1 aromatic heterocycles. The maximum absolute atomic E-state index is 12.5. The van der Waals surface area contributed by atoms with Crippen molar-refractivity contribution in [3.63, 3.8) is 0 Å². The first kappa shape index (κ1) is 19.8. The minimum atomic E-state index is -1.14. The molecule has 4 bridgehead atoms. The molecule has 1 amide bonds. The van der Waals surface area contributed by atoms with Gasteiger partial charge < -0.3 is 19.7 Å². The van der Waals surface area contributed by atoms with Crippen LogP contribution in [-0.4, -0.2) is 39.2 Å². The first-order valence-electron chi connectivity index (χ1n) is 7.64. The number of hydrogen-bond acceptors (Lipinski definition) is 4. The first-order valence-corrected chi connectivity index (χ1v) is 8.02. The molecule has 2 N–H and O–H groups in total. The molecule has 138 valence electrons. The van der Waals surface area contributed by atoms with E-state index in [0.29, 0.717) is 24.6 Å². The molecule has 0 spiro atoms. The number of aliphatic carboxylic acids is 1. The standard InChI is InChI=1S/C17H16ClN3O4.ClH/c18-14-4-3-12-8-13(14)16(22)20-15(17(23)24)7-11-9-21(10-19-11)5-1-2-6-25-12;/h1-4,8-10,15H,5-7H2,(H,20,22)(H,23,24);1H/b2-1+;/t15-;/m0./s1. The number of fused-ring (bicyclic) bond motifs is 4. The van der Waals surface area contributed by atoms with Crippen LogP contribution in [0.3, 0.4) is 0 Å². The summed E-state index contributed by atoms with van der Waals surface area (Å²) in [6.07, 6.45) is 7.21. The summed E-state index contributed by atoms with van der Waals surface area (Å²) in [5.74, 6) is -1.24. The molecule has 0 saturated heterocycles. The Morgan fingerprint density at radius 2 is 2.19 bits per heavy atom. The lowest BCUT2D eigenvalue weighted by Crippen LogP contribution is -2.42. The van der Waals surface area contributed by atoms with Crippen molar-refractivity contribution < 1.29 is 19.4 Å². The van der Waals surface area contributed by atoms with E-state index < -0.39 is 17.9 Å². The van der Waals surface area contributed by atoms with Crippen molar-refractivity contribution in [1.82, 2.24) is 14.9 Å². The summed E-state index contributed by atoms with van der Waals surface area (Å²) in [5, 5.41) is 12.1. The van der Waals surface area contributed by atoms with Crippen molar-refractivity contribution in [3.8, 4) is 5.75 Å². The Bertz CT molecular complexity index is 835. The number of halogens is 2. The van der Waals surface area contributed by atoms with Gasteiger partial charge in [-0.2, -0.15) is 0 Å². The zero-order valence-electron chi connectivity index (χ0n) is 13.6. The van der Waals surface area contributed by atoms with E-state index >= 15 is 0 Å². The largest absolute Gasteiger partial charge is 0.490 e. The topological polar surface area (TPSA) is 93.5 Å². The number of allylic oxidation sites excluding steroid dienone is 1. The average Bonchev–Trinajstić information content (AvgIpc) is 3.01. The van der Waals surface area contributed by atoms with Gasteiger partial charge in [0.25, 0.3) is 5.91 Å². The fourth-order valence-corrected chi connectivity index (χ4v) is 2.64. The number of carboxylic acid groups (broad SMARTS) is 1. The smallest absolute Gasteiger partial charge is 0.326 e. The molecule has 1 atom stereocenters. The van der Waals surface area contributed by atoms with E-state index in [2.05, 4.69) is 10.3 Å². The monoisotopic (exact) mass is 397 g/mol. The highest BCUT2D eigenvalue weighted by Crippen LogP contribution is 2.22. The van der Waals surface area contributed by atoms with Crippen molar-refractivity contribution in [3.05, 3.63) is 59.2 Å². The number of carbonyl (C=O) groups is 2. The molecule has 1 aliphatic rings. The van der Waals surface area contributed by atoms with Crippen LogP contribution in [0.5, 0.6) is 5.75 Å². The number of aromatic nitrogens is 2. The zero-order valence-corrected chi connectivity index (χ0v) is 15.2. The van der Waals surface area contributed by atoms with Gasteiger partial charge in [-0.15, -0.1) is 12.4 Å². The van der Waals surface area contributed by atoms with Crippen LogP contribution in [-0.2, 0) is 17.8 Å². The lowest BCUT2D eigenvalue weighted by Gasteiger charge is -2.14. The van der Waals surface area contributed by atoms with Gasteiger partial charge in [0.05, 0.1) is 22.6 Å². The molecule has 26 heavy (non-hydrogen) atoms. The molecule has 2 aromatic rings. The molecular formula is C17H17Cl2N3O4. The Labute approximate surface area is 161 Å². The number of rotatable bonds is 1.